The van der Waals surface area contributed by atoms with E-state index in [-0.39, 0.29) is 5.91 Å². The molecule has 1 N–H and O–H groups in total. The lowest BCUT2D eigenvalue weighted by Gasteiger charge is -2.30. The van der Waals surface area contributed by atoms with E-state index in [2.05, 4.69) is 16.3 Å². The van der Waals surface area contributed by atoms with Gasteiger partial charge in [-0.3, -0.25) is 4.79 Å². The Hall–Kier alpha value is -3.01. The number of carbonyl (C=O) groups excluding carboxylic acids is 1. The SMILES string of the molecule is CCOc1cc2ccccc2cc1C(=O)Nc1ccccc1N1CCCCC1. The maximum Gasteiger partial charge on any atom is 0.259 e. The number of nitrogens with one attached hydrogen (secondary N) is 1. The first-order valence-corrected chi connectivity index (χ1v) is 10.1. The second-order valence-electron chi connectivity index (χ2n) is 7.15. The van der Waals surface area contributed by atoms with E-state index in [0.717, 1.165) is 35.2 Å². The molecular formula is C24H26N2O2. The maximum absolute atomic E-state index is 13.2. The van der Waals surface area contributed by atoms with E-state index >= 15 is 0 Å². The first kappa shape index (κ1) is 18.4. The zero-order valence-corrected chi connectivity index (χ0v) is 16.3. The molecule has 1 aliphatic rings. The van der Waals surface area contributed by atoms with Crippen LogP contribution in [-0.2, 0) is 0 Å². The van der Waals surface area contributed by atoms with Crippen LogP contribution in [0.1, 0.15) is 36.5 Å². The zero-order valence-electron chi connectivity index (χ0n) is 16.3. The van der Waals surface area contributed by atoms with E-state index in [0.29, 0.717) is 17.9 Å². The Balaban J connectivity index is 1.66. The minimum atomic E-state index is -0.140. The molecule has 0 unspecified atom stereocenters. The van der Waals surface area contributed by atoms with Gasteiger partial charge in [-0.05, 0) is 61.2 Å². The van der Waals surface area contributed by atoms with Gasteiger partial charge in [-0.25, -0.2) is 0 Å². The van der Waals surface area contributed by atoms with Crippen LogP contribution >= 0.6 is 0 Å². The summed E-state index contributed by atoms with van der Waals surface area (Å²) in [4.78, 5) is 15.5. The topological polar surface area (TPSA) is 41.6 Å². The summed E-state index contributed by atoms with van der Waals surface area (Å²) in [5.41, 5.74) is 2.51. The molecule has 0 atom stereocenters. The summed E-state index contributed by atoms with van der Waals surface area (Å²) >= 11 is 0. The van der Waals surface area contributed by atoms with Gasteiger partial charge in [0.05, 0.1) is 23.5 Å². The Morgan fingerprint density at radius 1 is 0.964 bits per heavy atom. The van der Waals surface area contributed by atoms with Crippen molar-refractivity contribution in [1.29, 1.82) is 0 Å². The van der Waals surface area contributed by atoms with Gasteiger partial charge in [0, 0.05) is 13.1 Å². The van der Waals surface area contributed by atoms with Gasteiger partial charge < -0.3 is 15.0 Å². The molecule has 3 aromatic rings. The third-order valence-electron chi connectivity index (χ3n) is 5.24. The van der Waals surface area contributed by atoms with Gasteiger partial charge in [0.1, 0.15) is 5.75 Å². The monoisotopic (exact) mass is 374 g/mol. The molecule has 0 aliphatic carbocycles. The summed E-state index contributed by atoms with van der Waals surface area (Å²) in [6.07, 6.45) is 3.67. The number of benzene rings is 3. The fourth-order valence-corrected chi connectivity index (χ4v) is 3.85. The number of hydrogen-bond donors (Lipinski definition) is 1. The second kappa shape index (κ2) is 8.34. The molecule has 0 bridgehead atoms. The summed E-state index contributed by atoms with van der Waals surface area (Å²) < 4.78 is 5.78. The van der Waals surface area contributed by atoms with Crippen LogP contribution in [0, 0.1) is 0 Å². The van der Waals surface area contributed by atoms with E-state index in [1.807, 2.05) is 61.5 Å². The highest BCUT2D eigenvalue weighted by Crippen LogP contribution is 2.31. The third kappa shape index (κ3) is 3.81. The molecule has 1 aliphatic heterocycles. The van der Waals surface area contributed by atoms with Crippen LogP contribution in [0.25, 0.3) is 10.8 Å². The largest absolute Gasteiger partial charge is 0.493 e. The Labute approximate surface area is 166 Å². The molecule has 0 spiro atoms. The number of hydrogen-bond acceptors (Lipinski definition) is 3. The van der Waals surface area contributed by atoms with E-state index in [9.17, 15) is 4.79 Å². The minimum Gasteiger partial charge on any atom is -0.493 e. The van der Waals surface area contributed by atoms with Crippen molar-refractivity contribution in [3.05, 3.63) is 66.2 Å². The molecule has 1 fully saturated rings. The van der Waals surface area contributed by atoms with Gasteiger partial charge >= 0.3 is 0 Å². The predicted octanol–water partition coefficient (Wildman–Crippen LogP) is 5.48. The van der Waals surface area contributed by atoms with E-state index in [1.54, 1.807) is 0 Å². The summed E-state index contributed by atoms with van der Waals surface area (Å²) in [5.74, 6) is 0.479. The summed E-state index contributed by atoms with van der Waals surface area (Å²) in [6, 6.07) is 19.9. The van der Waals surface area contributed by atoms with Gasteiger partial charge in [-0.15, -0.1) is 0 Å². The maximum atomic E-state index is 13.2. The van der Waals surface area contributed by atoms with Gasteiger partial charge in [-0.2, -0.15) is 0 Å². The molecular weight excluding hydrogens is 348 g/mol. The van der Waals surface area contributed by atoms with Crippen LogP contribution in [0.3, 0.4) is 0 Å². The Morgan fingerprint density at radius 2 is 1.64 bits per heavy atom. The average Bonchev–Trinajstić information content (AvgIpc) is 2.74. The first-order valence-electron chi connectivity index (χ1n) is 10.1. The first-order chi connectivity index (χ1) is 13.8. The molecule has 4 heteroatoms. The predicted molar refractivity (Wildman–Crippen MR) is 116 cm³/mol. The number of amides is 1. The van der Waals surface area contributed by atoms with Crippen molar-refractivity contribution in [2.75, 3.05) is 29.9 Å². The molecule has 0 saturated carbocycles. The van der Waals surface area contributed by atoms with E-state index < -0.39 is 0 Å². The highest BCUT2D eigenvalue weighted by Gasteiger charge is 2.18. The fraction of sp³-hybridized carbons (Fsp3) is 0.292. The van der Waals surface area contributed by atoms with Crippen LogP contribution in [-0.4, -0.2) is 25.6 Å². The number of carbonyl (C=O) groups is 1. The number of rotatable bonds is 5. The Kier molecular flexibility index (Phi) is 5.47. The molecule has 0 radical (unpaired) electrons. The highest BCUT2D eigenvalue weighted by atomic mass is 16.5. The number of fused-ring (bicyclic) bond motifs is 1. The van der Waals surface area contributed by atoms with Gasteiger partial charge in [-0.1, -0.05) is 36.4 Å². The van der Waals surface area contributed by atoms with Gasteiger partial charge in [0.15, 0.2) is 0 Å². The van der Waals surface area contributed by atoms with Crippen molar-refractivity contribution >= 4 is 28.1 Å². The molecule has 4 nitrogen and oxygen atoms in total. The van der Waals surface area contributed by atoms with Crippen LogP contribution in [0.15, 0.2) is 60.7 Å². The van der Waals surface area contributed by atoms with E-state index in [4.69, 9.17) is 4.74 Å². The smallest absolute Gasteiger partial charge is 0.259 e. The van der Waals surface area contributed by atoms with Crippen molar-refractivity contribution in [1.82, 2.24) is 0 Å². The minimum absolute atomic E-state index is 0.140. The van der Waals surface area contributed by atoms with Crippen molar-refractivity contribution < 1.29 is 9.53 Å². The molecule has 1 saturated heterocycles. The molecule has 144 valence electrons. The van der Waals surface area contributed by atoms with E-state index in [1.165, 1.54) is 19.3 Å². The standard InChI is InChI=1S/C24H26N2O2/c1-2-28-23-17-19-11-5-4-10-18(19)16-20(23)24(27)25-21-12-6-7-13-22(21)26-14-8-3-9-15-26/h4-7,10-13,16-17H,2-3,8-9,14-15H2,1H3,(H,25,27). The highest BCUT2D eigenvalue weighted by molar-refractivity contribution is 6.10. The molecule has 3 aromatic carbocycles. The lowest BCUT2D eigenvalue weighted by atomic mass is 10.0. The molecule has 4 rings (SSSR count). The van der Waals surface area contributed by atoms with Crippen molar-refractivity contribution in [2.24, 2.45) is 0 Å². The van der Waals surface area contributed by atoms with Crippen LogP contribution in [0.5, 0.6) is 5.75 Å². The number of nitrogens with zero attached hydrogens (tertiary/aromatic N) is 1. The normalized spacial score (nSPS) is 14.1. The Bertz CT molecular complexity index is 977. The van der Waals surface area contributed by atoms with Gasteiger partial charge in [0.25, 0.3) is 5.91 Å². The zero-order chi connectivity index (χ0) is 19.3. The van der Waals surface area contributed by atoms with Crippen LogP contribution in [0.2, 0.25) is 0 Å². The average molecular weight is 374 g/mol. The molecule has 0 aromatic heterocycles. The second-order valence-corrected chi connectivity index (χ2v) is 7.15. The fourth-order valence-electron chi connectivity index (χ4n) is 3.85. The molecule has 28 heavy (non-hydrogen) atoms. The number of anilines is 2. The van der Waals surface area contributed by atoms with Crippen LogP contribution < -0.4 is 15.0 Å². The lowest BCUT2D eigenvalue weighted by Crippen LogP contribution is -2.30. The van der Waals surface area contributed by atoms with Crippen LogP contribution in [0.4, 0.5) is 11.4 Å². The summed E-state index contributed by atoms with van der Waals surface area (Å²) in [7, 11) is 0. The van der Waals surface area contributed by atoms with Gasteiger partial charge in [0.2, 0.25) is 0 Å². The Morgan fingerprint density at radius 3 is 2.39 bits per heavy atom. The summed E-state index contributed by atoms with van der Waals surface area (Å²) in [6.45, 7) is 4.52. The number of ether oxygens (including phenoxy) is 1. The quantitative estimate of drug-likeness (QED) is 0.643. The number of para-hydroxylation sites is 2. The third-order valence-corrected chi connectivity index (χ3v) is 5.24. The lowest BCUT2D eigenvalue weighted by molar-refractivity contribution is 0.102. The van der Waals surface area contributed by atoms with Crippen molar-refractivity contribution in [2.45, 2.75) is 26.2 Å². The summed E-state index contributed by atoms with van der Waals surface area (Å²) in [5, 5.41) is 5.22. The van der Waals surface area contributed by atoms with Crippen molar-refractivity contribution in [3.63, 3.8) is 0 Å². The number of piperidine rings is 1. The van der Waals surface area contributed by atoms with Crippen molar-refractivity contribution in [3.8, 4) is 5.75 Å². The molecule has 1 heterocycles. The molecule has 1 amide bonds.